The first-order valence-corrected chi connectivity index (χ1v) is 31.1. The maximum atomic E-state index is 14.8. The van der Waals surface area contributed by atoms with E-state index >= 15 is 0 Å². The fourth-order valence-corrected chi connectivity index (χ4v) is 11.8. The molecule has 112 heavy (non-hydrogen) atoms. The first-order chi connectivity index (χ1) is 52.7. The highest BCUT2D eigenvalue weighted by molar-refractivity contribution is 6.10. The molecule has 44 nitrogen and oxygen atoms in total. The fraction of sp³-hybridized carbons (Fsp3) is 0.176. The summed E-state index contributed by atoms with van der Waals surface area (Å²) in [6, 6.07) is 4.12. The number of cyclic esters (lactones) is 2. The highest BCUT2D eigenvalue weighted by atomic mass is 16.8. The van der Waals surface area contributed by atoms with E-state index < -0.39 is 333 Å². The number of phenolic OH excluding ortho intramolecular Hbond substituents is 23. The van der Waals surface area contributed by atoms with Crippen LogP contribution in [0.4, 0.5) is 0 Å². The van der Waals surface area contributed by atoms with Crippen LogP contribution in [0.25, 0.3) is 22.3 Å². The Morgan fingerprint density at radius 3 is 1.06 bits per heavy atom. The molecule has 4 heterocycles. The topological polar surface area (TPSA) is 744 Å². The molecule has 0 saturated carbocycles. The van der Waals surface area contributed by atoms with Crippen molar-refractivity contribution in [3.8, 4) is 166 Å². The molecule has 2 saturated heterocycles. The maximum Gasteiger partial charge on any atom is 0.344 e. The molecule has 8 aromatic carbocycles. The van der Waals surface area contributed by atoms with Crippen LogP contribution in [-0.2, 0) is 47.4 Å². The zero-order valence-corrected chi connectivity index (χ0v) is 55.0. The third-order valence-corrected chi connectivity index (χ3v) is 17.3. The molecule has 25 N–H and O–H groups in total. The second-order valence-electron chi connectivity index (χ2n) is 24.3. The van der Waals surface area contributed by atoms with Gasteiger partial charge >= 0.3 is 47.8 Å². The first kappa shape index (κ1) is 76.2. The molecule has 44 heteroatoms. The van der Waals surface area contributed by atoms with Crippen molar-refractivity contribution in [3.63, 3.8) is 0 Å². The summed E-state index contributed by atoms with van der Waals surface area (Å²) in [7, 11) is 0. The number of hydrogen-bond acceptors (Lipinski definition) is 44. The molecule has 0 aliphatic carbocycles. The Bertz CT molecular complexity index is 5350. The predicted octanol–water partition coefficient (Wildman–Crippen LogP) is 1.77. The number of fused-ring (bicyclic) bond motifs is 8. The van der Waals surface area contributed by atoms with Gasteiger partial charge in [-0.2, -0.15) is 0 Å². The van der Waals surface area contributed by atoms with Crippen LogP contribution in [-0.4, -0.2) is 250 Å². The number of ether oxygens (including phenoxy) is 11. The van der Waals surface area contributed by atoms with Gasteiger partial charge in [-0.25, -0.2) is 38.4 Å². The van der Waals surface area contributed by atoms with Crippen LogP contribution in [0.15, 0.2) is 66.7 Å². The van der Waals surface area contributed by atoms with E-state index in [4.69, 9.17) is 52.1 Å². The lowest BCUT2D eigenvalue weighted by Gasteiger charge is -2.43. The number of carbonyl (C=O) groups is 8. The van der Waals surface area contributed by atoms with Crippen LogP contribution >= 0.6 is 0 Å². The van der Waals surface area contributed by atoms with E-state index in [2.05, 4.69) is 0 Å². The number of rotatable bonds is 10. The highest BCUT2D eigenvalue weighted by Gasteiger charge is 2.56. The Kier molecular flexibility index (Phi) is 19.3. The van der Waals surface area contributed by atoms with Crippen molar-refractivity contribution in [3.05, 3.63) is 111 Å². The van der Waals surface area contributed by atoms with Crippen LogP contribution in [0.1, 0.15) is 82.9 Å². The maximum absolute atomic E-state index is 14.8. The van der Waals surface area contributed by atoms with E-state index in [0.29, 0.717) is 60.7 Å². The van der Waals surface area contributed by atoms with Gasteiger partial charge in [0.2, 0.25) is 58.9 Å². The van der Waals surface area contributed by atoms with Gasteiger partial charge in [0.05, 0.1) is 38.9 Å². The quantitative estimate of drug-likeness (QED) is 0.0527. The number of carbonyl (C=O) groups excluding carboxylic acids is 8. The van der Waals surface area contributed by atoms with Crippen molar-refractivity contribution >= 4 is 47.8 Å². The van der Waals surface area contributed by atoms with Crippen LogP contribution in [0, 0.1) is 0 Å². The molecule has 10 atom stereocenters. The second kappa shape index (κ2) is 28.4. The summed E-state index contributed by atoms with van der Waals surface area (Å²) in [4.78, 5) is 115. The standard InChI is InChI=1S/C68H50O44/c69-22-1-14(2-23(70)39(22)79)59(94)109-57-56-34(13-103-63(98)18-8-28(75)43(83)48(88)36(18)38-20(65(100)108-56)10-30(77)45(85)50(38)90)106-68(58(57)110-60(95)15-3-24(71)40(80)25(72)4-15)111-61(96)16-5-26(73)41(81)32(6-16)104-54-21(11-31(78)46(86)51(54)91)66(101)112-67-53(93)52(92)55-33(105-67)12-102-62(97)17-7-27(74)42(82)47(87)35(17)37-19(64(99)107-55)9-29(76)44(84)49(37)89/h1-11,33-34,52-53,55-58,67-93H,12-13H2/t33?,34-,52-,53-,55-,56-,57+,58-,67-,68+/m1/s1. The van der Waals surface area contributed by atoms with E-state index in [0.717, 1.165) is 0 Å². The smallest absolute Gasteiger partial charge is 0.344 e. The number of aromatic hydroxyl groups is 23. The normalized spacial score (nSPS) is 20.7. The van der Waals surface area contributed by atoms with E-state index in [-0.39, 0.29) is 6.07 Å². The molecule has 8 aromatic rings. The molecule has 0 spiro atoms. The van der Waals surface area contributed by atoms with Crippen molar-refractivity contribution < 1.29 is 218 Å². The van der Waals surface area contributed by atoms with Crippen molar-refractivity contribution in [1.82, 2.24) is 0 Å². The Morgan fingerprint density at radius 2 is 0.634 bits per heavy atom. The molecule has 0 amide bonds. The molecule has 1 unspecified atom stereocenters. The third-order valence-electron chi connectivity index (χ3n) is 17.3. The minimum Gasteiger partial charge on any atom is -0.504 e. The average molecular weight is 1570 g/mol. The lowest BCUT2D eigenvalue weighted by Crippen LogP contribution is -2.63. The summed E-state index contributed by atoms with van der Waals surface area (Å²) in [6.45, 7) is -2.75. The highest BCUT2D eigenvalue weighted by Crippen LogP contribution is 2.57. The third kappa shape index (κ3) is 13.2. The van der Waals surface area contributed by atoms with Gasteiger partial charge in [0.15, 0.2) is 122 Å². The zero-order chi connectivity index (χ0) is 81.7. The van der Waals surface area contributed by atoms with Gasteiger partial charge in [0.25, 0.3) is 0 Å². The van der Waals surface area contributed by atoms with Crippen molar-refractivity contribution in [1.29, 1.82) is 0 Å². The molecule has 0 radical (unpaired) electrons. The Morgan fingerprint density at radius 1 is 0.312 bits per heavy atom. The average Bonchev–Trinajstić information content (AvgIpc) is 1.64. The molecular weight excluding hydrogens is 1520 g/mol. The van der Waals surface area contributed by atoms with Gasteiger partial charge in [0.1, 0.15) is 43.2 Å². The van der Waals surface area contributed by atoms with Gasteiger partial charge in [-0.05, 0) is 60.7 Å². The van der Waals surface area contributed by atoms with Gasteiger partial charge < -0.3 is 180 Å². The number of aliphatic hydroxyl groups is 2. The van der Waals surface area contributed by atoms with Crippen molar-refractivity contribution in [2.24, 2.45) is 0 Å². The summed E-state index contributed by atoms with van der Waals surface area (Å²) >= 11 is 0. The van der Waals surface area contributed by atoms with Gasteiger partial charge in [-0.1, -0.05) is 0 Å². The summed E-state index contributed by atoms with van der Waals surface area (Å²) in [5, 5.41) is 270. The first-order valence-electron chi connectivity index (χ1n) is 31.1. The zero-order valence-electron chi connectivity index (χ0n) is 55.0. The van der Waals surface area contributed by atoms with E-state index in [1.54, 1.807) is 0 Å². The molecular formula is C68H50O44. The minimum atomic E-state index is -2.90. The van der Waals surface area contributed by atoms with Crippen LogP contribution in [0.3, 0.4) is 0 Å². The number of phenols is 23. The number of hydrogen-bond donors (Lipinski definition) is 25. The Labute approximate surface area is 616 Å². The molecule has 4 aliphatic rings. The minimum absolute atomic E-state index is 0.239. The van der Waals surface area contributed by atoms with Crippen molar-refractivity contribution in [2.75, 3.05) is 13.2 Å². The SMILES string of the molecule is O=C(O[C@@H]1O[C@@H]2COC(=O)c3cc(O)c(O)c(O)c3-c3c(cc(O)c(O)c3O)C(=O)O[C@H]2[C@H](OC(=O)c2cc(O)c(O)c(O)c2)[C@H]1OC(=O)c1cc(O)c(O)c(O)c1)c1cc(O)c(O)c(Oc2c(C(=O)O[C@H]3OC4COC(=O)c5cc(O)c(O)c(O)c5-c5c(cc(O)c(O)c5O)C(=O)O[C@H]4[C@H](O)[C@H]3O)cc(O)c(O)c2O)c1. The summed E-state index contributed by atoms with van der Waals surface area (Å²) in [6.07, 6.45) is -26.0. The second-order valence-corrected chi connectivity index (χ2v) is 24.3. The lowest BCUT2D eigenvalue weighted by molar-refractivity contribution is -0.284. The number of esters is 8. The monoisotopic (exact) mass is 1570 g/mol. The summed E-state index contributed by atoms with van der Waals surface area (Å²) in [5.74, 6) is -49.8. The largest absolute Gasteiger partial charge is 0.504 e. The molecule has 4 aliphatic heterocycles. The van der Waals surface area contributed by atoms with Crippen molar-refractivity contribution in [2.45, 2.75) is 61.4 Å². The fourth-order valence-electron chi connectivity index (χ4n) is 11.8. The molecule has 0 aromatic heterocycles. The van der Waals surface area contributed by atoms with Crippen LogP contribution in [0.5, 0.6) is 144 Å². The number of benzene rings is 8. The predicted molar refractivity (Wildman–Crippen MR) is 345 cm³/mol. The van der Waals surface area contributed by atoms with Crippen LogP contribution < -0.4 is 4.74 Å². The molecule has 586 valence electrons. The van der Waals surface area contributed by atoms with E-state index in [1.807, 2.05) is 0 Å². The number of aliphatic hydroxyl groups excluding tert-OH is 2. The molecule has 12 rings (SSSR count). The summed E-state index contributed by atoms with van der Waals surface area (Å²) < 4.78 is 61.2. The van der Waals surface area contributed by atoms with Crippen LogP contribution in [0.2, 0.25) is 0 Å². The van der Waals surface area contributed by atoms with Gasteiger partial charge in [0, 0.05) is 28.3 Å². The van der Waals surface area contributed by atoms with E-state index in [9.17, 15) is 166 Å². The van der Waals surface area contributed by atoms with E-state index in [1.165, 1.54) is 0 Å². The molecule has 2 fully saturated rings. The lowest BCUT2D eigenvalue weighted by atomic mass is 9.92. The summed E-state index contributed by atoms with van der Waals surface area (Å²) in [5.41, 5.74) is -13.5. The Balaban J connectivity index is 0.907. The molecule has 0 bridgehead atoms. The Hall–Kier alpha value is -15.4. The van der Waals surface area contributed by atoms with Gasteiger partial charge in [-0.3, -0.25) is 0 Å². The van der Waals surface area contributed by atoms with Gasteiger partial charge in [-0.15, -0.1) is 0 Å².